The normalized spacial score (nSPS) is 20.8. The molecular formula is C11H10ClF3N2O. The summed E-state index contributed by atoms with van der Waals surface area (Å²) < 4.78 is 38.6. The van der Waals surface area contributed by atoms with Crippen molar-refractivity contribution in [3.63, 3.8) is 0 Å². The lowest BCUT2D eigenvalue weighted by Crippen LogP contribution is -2.60. The maximum absolute atomic E-state index is 12.9. The molecule has 1 heterocycles. The highest BCUT2D eigenvalue weighted by atomic mass is 35.5. The number of anilines is 1. The molecule has 0 aromatic heterocycles. The van der Waals surface area contributed by atoms with Gasteiger partial charge >= 0.3 is 6.18 Å². The molecule has 1 saturated heterocycles. The molecule has 7 heteroatoms. The van der Waals surface area contributed by atoms with Crippen molar-refractivity contribution in [2.75, 3.05) is 18.0 Å². The van der Waals surface area contributed by atoms with Crippen LogP contribution in [0.4, 0.5) is 18.9 Å². The number of carbonyl (C=O) groups is 1. The zero-order valence-corrected chi connectivity index (χ0v) is 9.92. The highest BCUT2D eigenvalue weighted by Crippen LogP contribution is 2.31. The van der Waals surface area contributed by atoms with Gasteiger partial charge in [0.05, 0.1) is 6.54 Å². The number of halogens is 4. The second-order valence-corrected chi connectivity index (χ2v) is 4.41. The molecule has 1 aromatic rings. The molecule has 98 valence electrons. The van der Waals surface area contributed by atoms with E-state index < -0.39 is 24.7 Å². The first kappa shape index (κ1) is 13.0. The van der Waals surface area contributed by atoms with Crippen LogP contribution in [0.15, 0.2) is 24.3 Å². The molecule has 1 aliphatic rings. The molecule has 2 rings (SSSR count). The lowest BCUT2D eigenvalue weighted by molar-refractivity contribution is -0.153. The van der Waals surface area contributed by atoms with Crippen LogP contribution in [-0.4, -0.2) is 31.2 Å². The number of benzene rings is 1. The monoisotopic (exact) mass is 278 g/mol. The summed E-state index contributed by atoms with van der Waals surface area (Å²) in [6.07, 6.45) is -4.41. The van der Waals surface area contributed by atoms with E-state index in [0.717, 1.165) is 4.90 Å². The van der Waals surface area contributed by atoms with Gasteiger partial charge in [0.1, 0.15) is 6.04 Å². The quantitative estimate of drug-likeness (QED) is 0.854. The maximum Gasteiger partial charge on any atom is 0.410 e. The zero-order chi connectivity index (χ0) is 13.3. The van der Waals surface area contributed by atoms with E-state index >= 15 is 0 Å². The lowest BCUT2D eigenvalue weighted by Gasteiger charge is -2.38. The van der Waals surface area contributed by atoms with Gasteiger partial charge in [0.25, 0.3) is 0 Å². The van der Waals surface area contributed by atoms with Gasteiger partial charge in [-0.2, -0.15) is 13.2 Å². The number of amides is 1. The van der Waals surface area contributed by atoms with Crippen molar-refractivity contribution in [2.45, 2.75) is 12.2 Å². The Labute approximate surface area is 107 Å². The molecule has 18 heavy (non-hydrogen) atoms. The molecule has 0 spiro atoms. The molecule has 0 saturated carbocycles. The Morgan fingerprint density at radius 1 is 1.39 bits per heavy atom. The van der Waals surface area contributed by atoms with E-state index in [-0.39, 0.29) is 6.54 Å². The van der Waals surface area contributed by atoms with Crippen LogP contribution < -0.4 is 10.2 Å². The summed E-state index contributed by atoms with van der Waals surface area (Å²) in [5.41, 5.74) is 0.291. The Morgan fingerprint density at radius 2 is 2.11 bits per heavy atom. The second-order valence-electron chi connectivity index (χ2n) is 3.97. The largest absolute Gasteiger partial charge is 0.410 e. The summed E-state index contributed by atoms with van der Waals surface area (Å²) in [5.74, 6) is -0.435. The van der Waals surface area contributed by atoms with Gasteiger partial charge in [-0.15, -0.1) is 0 Å². The number of hydrogen-bond acceptors (Lipinski definition) is 2. The van der Waals surface area contributed by atoms with Gasteiger partial charge < -0.3 is 10.2 Å². The first-order chi connectivity index (χ1) is 8.38. The fourth-order valence-electron chi connectivity index (χ4n) is 1.86. The third-order valence-corrected chi connectivity index (χ3v) is 2.94. The van der Waals surface area contributed by atoms with Gasteiger partial charge in [0, 0.05) is 17.3 Å². The van der Waals surface area contributed by atoms with Crippen LogP contribution >= 0.6 is 11.6 Å². The molecule has 0 aliphatic carbocycles. The van der Waals surface area contributed by atoms with Crippen LogP contribution in [0.1, 0.15) is 0 Å². The van der Waals surface area contributed by atoms with Crippen molar-refractivity contribution >= 4 is 23.2 Å². The molecule has 1 atom stereocenters. The van der Waals surface area contributed by atoms with Crippen molar-refractivity contribution < 1.29 is 18.0 Å². The Bertz CT molecular complexity index is 464. The zero-order valence-electron chi connectivity index (χ0n) is 9.17. The van der Waals surface area contributed by atoms with Crippen LogP contribution in [0.25, 0.3) is 0 Å². The predicted molar refractivity (Wildman–Crippen MR) is 61.7 cm³/mol. The summed E-state index contributed by atoms with van der Waals surface area (Å²) >= 11 is 5.75. The minimum Gasteiger partial charge on any atom is -0.352 e. The number of piperazine rings is 1. The van der Waals surface area contributed by atoms with Gasteiger partial charge in [-0.05, 0) is 18.2 Å². The molecule has 1 unspecified atom stereocenters. The summed E-state index contributed by atoms with van der Waals surface area (Å²) in [6.45, 7) is -0.778. The van der Waals surface area contributed by atoms with Crippen LogP contribution in [0.5, 0.6) is 0 Å². The summed E-state index contributed by atoms with van der Waals surface area (Å²) in [5, 5.41) is 2.55. The van der Waals surface area contributed by atoms with Gasteiger partial charge in [0.2, 0.25) is 5.91 Å². The lowest BCUT2D eigenvalue weighted by atomic mass is 10.1. The van der Waals surface area contributed by atoms with E-state index in [1.165, 1.54) is 12.1 Å². The van der Waals surface area contributed by atoms with Crippen molar-refractivity contribution in [1.29, 1.82) is 0 Å². The number of hydrogen-bond donors (Lipinski definition) is 1. The van der Waals surface area contributed by atoms with Gasteiger partial charge in [-0.3, -0.25) is 4.79 Å². The van der Waals surface area contributed by atoms with E-state index in [0.29, 0.717) is 10.7 Å². The van der Waals surface area contributed by atoms with Crippen LogP contribution in [-0.2, 0) is 4.79 Å². The smallest absolute Gasteiger partial charge is 0.352 e. The predicted octanol–water partition coefficient (Wildman–Crippen LogP) is 2.21. The van der Waals surface area contributed by atoms with E-state index in [4.69, 9.17) is 11.6 Å². The van der Waals surface area contributed by atoms with Crippen molar-refractivity contribution in [1.82, 2.24) is 5.32 Å². The highest BCUT2D eigenvalue weighted by Gasteiger charge is 2.46. The van der Waals surface area contributed by atoms with Crippen LogP contribution in [0.2, 0.25) is 5.02 Å². The molecule has 1 fully saturated rings. The summed E-state index contributed by atoms with van der Waals surface area (Å²) in [6, 6.07) is 4.31. The maximum atomic E-state index is 12.9. The van der Waals surface area contributed by atoms with Gasteiger partial charge in [-0.1, -0.05) is 17.7 Å². The molecule has 3 nitrogen and oxygen atoms in total. The number of rotatable bonds is 1. The number of carbonyl (C=O) groups excluding carboxylic acids is 1. The van der Waals surface area contributed by atoms with E-state index in [1.807, 2.05) is 0 Å². The Morgan fingerprint density at radius 3 is 2.72 bits per heavy atom. The molecule has 1 N–H and O–H groups in total. The molecule has 1 amide bonds. The third-order valence-electron chi connectivity index (χ3n) is 2.70. The molecule has 0 radical (unpaired) electrons. The van der Waals surface area contributed by atoms with E-state index in [1.54, 1.807) is 12.1 Å². The van der Waals surface area contributed by atoms with Crippen LogP contribution in [0.3, 0.4) is 0 Å². The number of alkyl halides is 3. The average Bonchev–Trinajstić information content (AvgIpc) is 2.27. The number of nitrogens with one attached hydrogen (secondary N) is 1. The Hall–Kier alpha value is -1.43. The highest BCUT2D eigenvalue weighted by molar-refractivity contribution is 6.30. The van der Waals surface area contributed by atoms with Crippen molar-refractivity contribution in [3.8, 4) is 0 Å². The first-order valence-electron chi connectivity index (χ1n) is 5.23. The standard InChI is InChI=1S/C11H10ClF3N2O/c12-7-2-1-3-8(4-7)17-6-10(18)16-5-9(17)11(13,14)15/h1-4,9H,5-6H2,(H,16,18). The topological polar surface area (TPSA) is 32.3 Å². The van der Waals surface area contributed by atoms with Crippen molar-refractivity contribution in [3.05, 3.63) is 29.3 Å². The van der Waals surface area contributed by atoms with E-state index in [9.17, 15) is 18.0 Å². The van der Waals surface area contributed by atoms with E-state index in [2.05, 4.69) is 5.32 Å². The average molecular weight is 279 g/mol. The Kier molecular flexibility index (Phi) is 3.38. The third kappa shape index (κ3) is 2.69. The van der Waals surface area contributed by atoms with Gasteiger partial charge in [0.15, 0.2) is 0 Å². The minimum atomic E-state index is -4.41. The fraction of sp³-hybridized carbons (Fsp3) is 0.364. The minimum absolute atomic E-state index is 0.291. The summed E-state index contributed by atoms with van der Waals surface area (Å²) in [4.78, 5) is 12.3. The SMILES string of the molecule is O=C1CN(c2cccc(Cl)c2)C(C(F)(F)F)CN1. The molecule has 1 aliphatic heterocycles. The second kappa shape index (κ2) is 4.68. The van der Waals surface area contributed by atoms with Crippen molar-refractivity contribution in [2.24, 2.45) is 0 Å². The van der Waals surface area contributed by atoms with Crippen LogP contribution in [0, 0.1) is 0 Å². The molecular weight excluding hydrogens is 269 g/mol. The molecule has 1 aromatic carbocycles. The first-order valence-corrected chi connectivity index (χ1v) is 5.61. The molecule has 0 bridgehead atoms. The Balaban J connectivity index is 2.34. The number of nitrogens with zero attached hydrogens (tertiary/aromatic N) is 1. The van der Waals surface area contributed by atoms with Gasteiger partial charge in [-0.25, -0.2) is 0 Å². The summed E-state index contributed by atoms with van der Waals surface area (Å²) in [7, 11) is 0. The fourth-order valence-corrected chi connectivity index (χ4v) is 2.04.